The summed E-state index contributed by atoms with van der Waals surface area (Å²) in [6, 6.07) is 6.01. The van der Waals surface area contributed by atoms with Gasteiger partial charge in [0.15, 0.2) is 5.82 Å². The highest BCUT2D eigenvalue weighted by atomic mass is 19.1. The van der Waals surface area contributed by atoms with Gasteiger partial charge in [-0.1, -0.05) is 18.1 Å². The molecule has 1 fully saturated rings. The fourth-order valence-electron chi connectivity index (χ4n) is 2.34. The molecule has 1 aromatic heterocycles. The molecule has 1 aliphatic heterocycles. The van der Waals surface area contributed by atoms with Crippen molar-refractivity contribution in [3.63, 3.8) is 0 Å². The van der Waals surface area contributed by atoms with Crippen LogP contribution in [-0.2, 0) is 11.2 Å². The second-order valence-corrected chi connectivity index (χ2v) is 4.79. The van der Waals surface area contributed by atoms with Crippen molar-refractivity contribution < 1.29 is 13.7 Å². The van der Waals surface area contributed by atoms with Crippen molar-refractivity contribution in [3.8, 4) is 0 Å². The third kappa shape index (κ3) is 2.29. The van der Waals surface area contributed by atoms with Crippen LogP contribution in [0.3, 0.4) is 0 Å². The first-order valence-corrected chi connectivity index (χ1v) is 6.55. The minimum absolute atomic E-state index is 0.0585. The molecule has 1 saturated heterocycles. The molecule has 104 valence electrons. The molecule has 0 spiro atoms. The molecule has 6 heteroatoms. The van der Waals surface area contributed by atoms with Crippen LogP contribution in [0, 0.1) is 5.82 Å². The van der Waals surface area contributed by atoms with Crippen LogP contribution in [0.15, 0.2) is 28.8 Å². The van der Waals surface area contributed by atoms with E-state index in [1.54, 1.807) is 17.0 Å². The minimum Gasteiger partial charge on any atom is -0.339 e. The van der Waals surface area contributed by atoms with Gasteiger partial charge in [-0.15, -0.1) is 0 Å². The molecule has 1 aliphatic rings. The van der Waals surface area contributed by atoms with E-state index >= 15 is 0 Å². The number of hydrogen-bond donors (Lipinski definition) is 0. The summed E-state index contributed by atoms with van der Waals surface area (Å²) in [6.45, 7) is 2.38. The Morgan fingerprint density at radius 2 is 2.35 bits per heavy atom. The lowest BCUT2D eigenvalue weighted by Gasteiger charge is -2.15. The van der Waals surface area contributed by atoms with Gasteiger partial charge < -0.3 is 9.42 Å². The minimum atomic E-state index is -0.357. The van der Waals surface area contributed by atoms with Crippen molar-refractivity contribution in [2.24, 2.45) is 0 Å². The number of carbonyl (C=O) groups excluding carboxylic acids is 1. The molecule has 3 rings (SSSR count). The van der Waals surface area contributed by atoms with E-state index in [9.17, 15) is 9.18 Å². The summed E-state index contributed by atoms with van der Waals surface area (Å²) in [5, 5.41) is 3.84. The Bertz CT molecular complexity index is 641. The number of aryl methyl sites for hydroxylation is 1. The van der Waals surface area contributed by atoms with Gasteiger partial charge in [-0.05, 0) is 18.2 Å². The molecule has 1 amide bonds. The van der Waals surface area contributed by atoms with Crippen molar-refractivity contribution in [1.29, 1.82) is 0 Å². The van der Waals surface area contributed by atoms with E-state index in [-0.39, 0.29) is 17.6 Å². The van der Waals surface area contributed by atoms with Gasteiger partial charge in [-0.2, -0.15) is 4.98 Å². The van der Waals surface area contributed by atoms with Gasteiger partial charge in [0, 0.05) is 25.1 Å². The van der Waals surface area contributed by atoms with E-state index in [1.807, 2.05) is 6.92 Å². The molecule has 0 aliphatic carbocycles. The Hall–Kier alpha value is -2.24. The highest BCUT2D eigenvalue weighted by molar-refractivity contribution is 5.96. The molecular formula is C14H14FN3O2. The van der Waals surface area contributed by atoms with Gasteiger partial charge in [0.2, 0.25) is 11.8 Å². The third-order valence-corrected chi connectivity index (χ3v) is 3.39. The van der Waals surface area contributed by atoms with E-state index < -0.39 is 0 Å². The molecule has 0 N–H and O–H groups in total. The highest BCUT2D eigenvalue weighted by Gasteiger charge is 2.35. The van der Waals surface area contributed by atoms with Gasteiger partial charge in [0.05, 0.1) is 5.92 Å². The number of benzene rings is 1. The number of nitrogens with zero attached hydrogens (tertiary/aromatic N) is 3. The standard InChI is InChI=1S/C14H14FN3O2/c1-2-12-16-14(20-17-12)9-6-13(19)18(8-9)11-5-3-4-10(15)7-11/h3-5,7,9H,2,6,8H2,1H3. The summed E-state index contributed by atoms with van der Waals surface area (Å²) in [4.78, 5) is 17.9. The molecule has 0 saturated carbocycles. The number of carbonyl (C=O) groups is 1. The maximum Gasteiger partial charge on any atom is 0.232 e. The van der Waals surface area contributed by atoms with Gasteiger partial charge >= 0.3 is 0 Å². The quantitative estimate of drug-likeness (QED) is 0.862. The lowest BCUT2D eigenvalue weighted by Crippen LogP contribution is -2.24. The van der Waals surface area contributed by atoms with Gasteiger partial charge in [-0.3, -0.25) is 4.79 Å². The maximum absolute atomic E-state index is 13.2. The summed E-state index contributed by atoms with van der Waals surface area (Å²) < 4.78 is 18.4. The summed E-state index contributed by atoms with van der Waals surface area (Å²) in [5.41, 5.74) is 0.563. The van der Waals surface area contributed by atoms with Gasteiger partial charge in [-0.25, -0.2) is 4.39 Å². The molecule has 1 aromatic carbocycles. The fraction of sp³-hybridized carbons (Fsp3) is 0.357. The first-order valence-electron chi connectivity index (χ1n) is 6.55. The fourth-order valence-corrected chi connectivity index (χ4v) is 2.34. The Balaban J connectivity index is 1.81. The predicted molar refractivity (Wildman–Crippen MR) is 69.8 cm³/mol. The van der Waals surface area contributed by atoms with Crippen LogP contribution >= 0.6 is 0 Å². The molecule has 5 nitrogen and oxygen atoms in total. The van der Waals surface area contributed by atoms with Crippen LogP contribution in [0.1, 0.15) is 31.0 Å². The predicted octanol–water partition coefficient (Wildman–Crippen LogP) is 2.29. The van der Waals surface area contributed by atoms with Crippen LogP contribution in [0.4, 0.5) is 10.1 Å². The van der Waals surface area contributed by atoms with Crippen LogP contribution in [0.5, 0.6) is 0 Å². The lowest BCUT2D eigenvalue weighted by molar-refractivity contribution is -0.117. The third-order valence-electron chi connectivity index (χ3n) is 3.39. The Morgan fingerprint density at radius 3 is 3.05 bits per heavy atom. The van der Waals surface area contributed by atoms with E-state index in [0.29, 0.717) is 36.8 Å². The Kier molecular flexibility index (Phi) is 3.22. The smallest absolute Gasteiger partial charge is 0.232 e. The number of anilines is 1. The Labute approximate surface area is 115 Å². The maximum atomic E-state index is 13.2. The summed E-state index contributed by atoms with van der Waals surface area (Å²) in [6.07, 6.45) is 1.000. The van der Waals surface area contributed by atoms with Gasteiger partial charge in [0.25, 0.3) is 0 Å². The average Bonchev–Trinajstić information content (AvgIpc) is 3.04. The van der Waals surface area contributed by atoms with Crippen molar-refractivity contribution in [2.75, 3.05) is 11.4 Å². The number of rotatable bonds is 3. The monoisotopic (exact) mass is 275 g/mol. The van der Waals surface area contributed by atoms with Gasteiger partial charge in [0.1, 0.15) is 5.82 Å². The van der Waals surface area contributed by atoms with Crippen molar-refractivity contribution >= 4 is 11.6 Å². The van der Waals surface area contributed by atoms with Crippen molar-refractivity contribution in [2.45, 2.75) is 25.7 Å². The SMILES string of the molecule is CCc1noc(C2CC(=O)N(c3cccc(F)c3)C2)n1. The Morgan fingerprint density at radius 1 is 1.50 bits per heavy atom. The van der Waals surface area contributed by atoms with Crippen LogP contribution in [-0.4, -0.2) is 22.6 Å². The molecule has 1 atom stereocenters. The normalized spacial score (nSPS) is 18.8. The molecule has 1 unspecified atom stereocenters. The van der Waals surface area contributed by atoms with Crippen LogP contribution in [0.25, 0.3) is 0 Å². The summed E-state index contributed by atoms with van der Waals surface area (Å²) >= 11 is 0. The topological polar surface area (TPSA) is 59.2 Å². The van der Waals surface area contributed by atoms with Crippen LogP contribution < -0.4 is 4.90 Å². The van der Waals surface area contributed by atoms with E-state index in [1.165, 1.54) is 12.1 Å². The number of hydrogen-bond acceptors (Lipinski definition) is 4. The summed E-state index contributed by atoms with van der Waals surface area (Å²) in [7, 11) is 0. The molecular weight excluding hydrogens is 261 g/mol. The first-order chi connectivity index (χ1) is 9.67. The molecule has 2 heterocycles. The lowest BCUT2D eigenvalue weighted by atomic mass is 10.1. The number of aromatic nitrogens is 2. The zero-order valence-electron chi connectivity index (χ0n) is 11.0. The largest absolute Gasteiger partial charge is 0.339 e. The molecule has 2 aromatic rings. The second-order valence-electron chi connectivity index (χ2n) is 4.79. The second kappa shape index (κ2) is 5.03. The number of amides is 1. The number of halogens is 1. The molecule has 20 heavy (non-hydrogen) atoms. The summed E-state index contributed by atoms with van der Waals surface area (Å²) in [5.74, 6) is 0.575. The van der Waals surface area contributed by atoms with Crippen LogP contribution in [0.2, 0.25) is 0 Å². The zero-order valence-corrected chi connectivity index (χ0v) is 11.0. The van der Waals surface area contributed by atoms with E-state index in [4.69, 9.17) is 4.52 Å². The van der Waals surface area contributed by atoms with E-state index in [2.05, 4.69) is 10.1 Å². The van der Waals surface area contributed by atoms with Crippen molar-refractivity contribution in [1.82, 2.24) is 10.1 Å². The first kappa shape index (κ1) is 12.8. The molecule has 0 radical (unpaired) electrons. The zero-order chi connectivity index (χ0) is 14.1. The molecule has 0 bridgehead atoms. The van der Waals surface area contributed by atoms with Crippen molar-refractivity contribution in [3.05, 3.63) is 41.8 Å². The highest BCUT2D eigenvalue weighted by Crippen LogP contribution is 2.31. The average molecular weight is 275 g/mol. The van der Waals surface area contributed by atoms with E-state index in [0.717, 1.165) is 0 Å².